The first-order valence-corrected chi connectivity index (χ1v) is 10.5. The normalized spacial score (nSPS) is 18.1. The van der Waals surface area contributed by atoms with E-state index in [0.717, 1.165) is 12.8 Å². The number of imide groups is 1. The zero-order chi connectivity index (χ0) is 22.6. The molecule has 166 valence electrons. The van der Waals surface area contributed by atoms with Crippen molar-refractivity contribution in [2.75, 3.05) is 11.9 Å². The number of ketones is 1. The van der Waals surface area contributed by atoms with Crippen molar-refractivity contribution in [3.05, 3.63) is 29.8 Å². The Labute approximate surface area is 180 Å². The summed E-state index contributed by atoms with van der Waals surface area (Å²) in [5.74, 6) is -1.38. The van der Waals surface area contributed by atoms with Crippen LogP contribution < -0.4 is 10.6 Å². The van der Waals surface area contributed by atoms with E-state index in [1.54, 1.807) is 24.3 Å². The van der Waals surface area contributed by atoms with Crippen molar-refractivity contribution in [3.63, 3.8) is 0 Å². The van der Waals surface area contributed by atoms with Crippen LogP contribution in [0.2, 0.25) is 0 Å². The second kappa shape index (κ2) is 9.28. The monoisotopic (exact) mass is 429 g/mol. The Morgan fingerprint density at radius 3 is 2.42 bits per heavy atom. The number of urea groups is 1. The van der Waals surface area contributed by atoms with Gasteiger partial charge in [-0.15, -0.1) is 0 Å². The molecule has 1 aliphatic heterocycles. The Morgan fingerprint density at radius 1 is 1.16 bits per heavy atom. The van der Waals surface area contributed by atoms with Gasteiger partial charge in [-0.05, 0) is 57.4 Å². The summed E-state index contributed by atoms with van der Waals surface area (Å²) >= 11 is 0. The lowest BCUT2D eigenvalue weighted by Gasteiger charge is -2.20. The quantitative estimate of drug-likeness (QED) is 0.372. The smallest absolute Gasteiger partial charge is 0.325 e. The van der Waals surface area contributed by atoms with Crippen molar-refractivity contribution in [2.24, 2.45) is 0 Å². The molecule has 0 unspecified atom stereocenters. The van der Waals surface area contributed by atoms with Gasteiger partial charge in [0.15, 0.2) is 11.9 Å². The van der Waals surface area contributed by atoms with E-state index in [-0.39, 0.29) is 31.1 Å². The number of carbonyl (C=O) groups excluding carboxylic acids is 5. The van der Waals surface area contributed by atoms with E-state index >= 15 is 0 Å². The Bertz CT molecular complexity index is 889. The average Bonchev–Trinajstić information content (AvgIpc) is 3.28. The molecule has 1 aromatic carbocycles. The molecule has 9 nitrogen and oxygen atoms in total. The number of amides is 4. The van der Waals surface area contributed by atoms with Crippen LogP contribution in [0.3, 0.4) is 0 Å². The predicted molar refractivity (Wildman–Crippen MR) is 111 cm³/mol. The number of hydrogen-bond acceptors (Lipinski definition) is 6. The molecule has 2 aliphatic rings. The Balaban J connectivity index is 1.42. The van der Waals surface area contributed by atoms with Crippen LogP contribution in [0.15, 0.2) is 24.3 Å². The van der Waals surface area contributed by atoms with Crippen molar-refractivity contribution in [3.8, 4) is 0 Å². The third-order valence-electron chi connectivity index (χ3n) is 5.70. The summed E-state index contributed by atoms with van der Waals surface area (Å²) in [5, 5.41) is 5.42. The first kappa shape index (κ1) is 22.5. The van der Waals surface area contributed by atoms with Crippen LogP contribution in [0.25, 0.3) is 0 Å². The number of nitrogens with zero attached hydrogens (tertiary/aromatic N) is 1. The number of rotatable bonds is 8. The lowest BCUT2D eigenvalue weighted by atomic mass is 9.98. The summed E-state index contributed by atoms with van der Waals surface area (Å²) in [6.07, 6.45) is 2.35. The highest BCUT2D eigenvalue weighted by atomic mass is 16.5. The van der Waals surface area contributed by atoms with Gasteiger partial charge >= 0.3 is 12.0 Å². The van der Waals surface area contributed by atoms with Crippen molar-refractivity contribution < 1.29 is 28.7 Å². The molecule has 1 saturated carbocycles. The molecule has 0 radical (unpaired) electrons. The van der Waals surface area contributed by atoms with Crippen LogP contribution in [0.5, 0.6) is 0 Å². The van der Waals surface area contributed by atoms with Gasteiger partial charge in [-0.25, -0.2) is 4.79 Å². The summed E-state index contributed by atoms with van der Waals surface area (Å²) in [6, 6.07) is 5.97. The van der Waals surface area contributed by atoms with Crippen molar-refractivity contribution >= 4 is 35.3 Å². The van der Waals surface area contributed by atoms with Crippen molar-refractivity contribution in [1.82, 2.24) is 10.2 Å². The molecule has 9 heteroatoms. The molecule has 0 aromatic heterocycles. The van der Waals surface area contributed by atoms with E-state index in [0.29, 0.717) is 24.1 Å². The molecule has 1 aromatic rings. The Hall–Kier alpha value is -3.23. The van der Waals surface area contributed by atoms with Crippen LogP contribution in [0.4, 0.5) is 10.5 Å². The third kappa shape index (κ3) is 5.10. The summed E-state index contributed by atoms with van der Waals surface area (Å²) in [7, 11) is 0. The molecule has 31 heavy (non-hydrogen) atoms. The molecule has 0 bridgehead atoms. The minimum Gasteiger partial charge on any atom is -0.453 e. The predicted octanol–water partition coefficient (Wildman–Crippen LogP) is 2.40. The first-order valence-electron chi connectivity index (χ1n) is 10.5. The molecule has 2 N–H and O–H groups in total. The summed E-state index contributed by atoms with van der Waals surface area (Å²) in [5.41, 5.74) is 0.256. The van der Waals surface area contributed by atoms with Crippen LogP contribution in [0, 0.1) is 0 Å². The average molecular weight is 429 g/mol. The molecule has 3 rings (SSSR count). The van der Waals surface area contributed by atoms with E-state index in [4.69, 9.17) is 4.74 Å². The van der Waals surface area contributed by atoms with Gasteiger partial charge in [0.05, 0.1) is 0 Å². The standard InChI is InChI=1S/C22H27N3O6/c1-14(26)16-7-9-17(10-8-16)23-19(28)15(2)31-18(27)6-5-13-25-20(29)22(24-21(25)30)11-3-4-12-22/h7-10,15H,3-6,11-13H2,1-2H3,(H,23,28)(H,24,30)/t15-/m1/s1. The van der Waals surface area contributed by atoms with Gasteiger partial charge in [-0.1, -0.05) is 12.8 Å². The fourth-order valence-corrected chi connectivity index (χ4v) is 3.92. The summed E-state index contributed by atoms with van der Waals surface area (Å²) in [6.45, 7) is 3.04. The number of nitrogens with one attached hydrogen (secondary N) is 2. The van der Waals surface area contributed by atoms with Gasteiger partial charge in [-0.3, -0.25) is 24.1 Å². The second-order valence-corrected chi connectivity index (χ2v) is 8.03. The van der Waals surface area contributed by atoms with E-state index in [1.807, 2.05) is 0 Å². The summed E-state index contributed by atoms with van der Waals surface area (Å²) < 4.78 is 5.15. The molecule has 1 saturated heterocycles. The highest BCUT2D eigenvalue weighted by Crippen LogP contribution is 2.35. The maximum absolute atomic E-state index is 12.6. The Morgan fingerprint density at radius 2 is 1.81 bits per heavy atom. The van der Waals surface area contributed by atoms with Gasteiger partial charge in [0.25, 0.3) is 11.8 Å². The molecular formula is C22H27N3O6. The van der Waals surface area contributed by atoms with Gasteiger partial charge in [0.2, 0.25) is 0 Å². The largest absolute Gasteiger partial charge is 0.453 e. The van der Waals surface area contributed by atoms with Crippen molar-refractivity contribution in [1.29, 1.82) is 0 Å². The highest BCUT2D eigenvalue weighted by Gasteiger charge is 2.52. The topological polar surface area (TPSA) is 122 Å². The molecule has 4 amide bonds. The van der Waals surface area contributed by atoms with E-state index in [1.165, 1.54) is 18.7 Å². The lowest BCUT2D eigenvalue weighted by Crippen LogP contribution is -2.44. The molecule has 1 heterocycles. The fraction of sp³-hybridized carbons (Fsp3) is 0.500. The van der Waals surface area contributed by atoms with Gasteiger partial charge in [0, 0.05) is 24.2 Å². The van der Waals surface area contributed by atoms with Crippen LogP contribution in [-0.4, -0.2) is 52.7 Å². The third-order valence-corrected chi connectivity index (χ3v) is 5.70. The molecule has 1 atom stereocenters. The number of Topliss-reactive ketones (excluding diaryl/α,β-unsaturated/α-hetero) is 1. The van der Waals surface area contributed by atoms with E-state index in [9.17, 15) is 24.0 Å². The maximum Gasteiger partial charge on any atom is 0.325 e. The minimum absolute atomic E-state index is 0.0189. The van der Waals surface area contributed by atoms with Gasteiger partial charge in [0.1, 0.15) is 5.54 Å². The lowest BCUT2D eigenvalue weighted by molar-refractivity contribution is -0.153. The Kier molecular flexibility index (Phi) is 6.72. The van der Waals surface area contributed by atoms with Crippen LogP contribution in [0.1, 0.15) is 62.7 Å². The first-order chi connectivity index (χ1) is 14.7. The number of esters is 1. The number of hydrogen-bond donors (Lipinski definition) is 2. The number of carbonyl (C=O) groups is 5. The molecule has 1 aliphatic carbocycles. The number of ether oxygens (including phenoxy) is 1. The maximum atomic E-state index is 12.6. The van der Waals surface area contributed by atoms with Crippen LogP contribution in [-0.2, 0) is 19.1 Å². The zero-order valence-corrected chi connectivity index (χ0v) is 17.7. The zero-order valence-electron chi connectivity index (χ0n) is 17.7. The van der Waals surface area contributed by atoms with Crippen molar-refractivity contribution in [2.45, 2.75) is 64.0 Å². The van der Waals surface area contributed by atoms with Gasteiger partial charge in [-0.2, -0.15) is 0 Å². The SMILES string of the molecule is CC(=O)c1ccc(NC(=O)[C@@H](C)OC(=O)CCCN2C(=O)NC3(CCCC3)C2=O)cc1. The minimum atomic E-state index is -1.02. The van der Waals surface area contributed by atoms with Gasteiger partial charge < -0.3 is 15.4 Å². The summed E-state index contributed by atoms with van der Waals surface area (Å²) in [4.78, 5) is 61.4. The molecular weight excluding hydrogens is 402 g/mol. The van der Waals surface area contributed by atoms with Crippen LogP contribution >= 0.6 is 0 Å². The number of anilines is 1. The molecule has 1 spiro atoms. The second-order valence-electron chi connectivity index (χ2n) is 8.03. The van der Waals surface area contributed by atoms with E-state index in [2.05, 4.69) is 10.6 Å². The van der Waals surface area contributed by atoms with E-state index < -0.39 is 29.6 Å². The number of benzene rings is 1. The highest BCUT2D eigenvalue weighted by molar-refractivity contribution is 6.07. The molecule has 2 fully saturated rings. The fourth-order valence-electron chi connectivity index (χ4n) is 3.92.